The zero-order chi connectivity index (χ0) is 11.8. The highest BCUT2D eigenvalue weighted by Gasteiger charge is 2.02. The molecule has 1 amide bonds. The highest BCUT2D eigenvalue weighted by atomic mass is 16.1. The van der Waals surface area contributed by atoms with E-state index >= 15 is 0 Å². The second kappa shape index (κ2) is 7.01. The van der Waals surface area contributed by atoms with Crippen LogP contribution in [0.5, 0.6) is 0 Å². The van der Waals surface area contributed by atoms with Crippen molar-refractivity contribution in [3.05, 3.63) is 35.9 Å². The highest BCUT2D eigenvalue weighted by molar-refractivity contribution is 5.73. The first-order valence-electron chi connectivity index (χ1n) is 5.74. The first kappa shape index (κ1) is 12.7. The molecular weight excluding hydrogens is 200 g/mol. The Morgan fingerprint density at radius 3 is 2.69 bits per heavy atom. The van der Waals surface area contributed by atoms with Crippen molar-refractivity contribution in [1.29, 1.82) is 0 Å². The minimum Gasteiger partial charge on any atom is -0.370 e. The van der Waals surface area contributed by atoms with Crippen molar-refractivity contribution in [1.82, 2.24) is 5.32 Å². The molecule has 0 saturated heterocycles. The predicted molar refractivity (Wildman–Crippen MR) is 66.0 cm³/mol. The maximum atomic E-state index is 10.5. The molecule has 88 valence electrons. The number of carbonyl (C=O) groups is 1. The van der Waals surface area contributed by atoms with E-state index in [-0.39, 0.29) is 5.91 Å². The number of rotatable bonds is 7. The number of hydrogen-bond acceptors (Lipinski definition) is 2. The van der Waals surface area contributed by atoms with Crippen LogP contribution in [-0.2, 0) is 11.2 Å². The summed E-state index contributed by atoms with van der Waals surface area (Å²) in [6, 6.07) is 10.8. The van der Waals surface area contributed by atoms with E-state index in [1.165, 1.54) is 5.56 Å². The Labute approximate surface area is 97.0 Å². The number of benzene rings is 1. The quantitative estimate of drug-likeness (QED) is 0.731. The molecule has 0 heterocycles. The Kier molecular flexibility index (Phi) is 5.57. The zero-order valence-electron chi connectivity index (χ0n) is 9.78. The molecule has 16 heavy (non-hydrogen) atoms. The van der Waals surface area contributed by atoms with Crippen molar-refractivity contribution in [2.45, 2.75) is 32.2 Å². The van der Waals surface area contributed by atoms with Crippen LogP contribution in [-0.4, -0.2) is 18.5 Å². The lowest BCUT2D eigenvalue weighted by Crippen LogP contribution is -2.30. The summed E-state index contributed by atoms with van der Waals surface area (Å²) >= 11 is 0. The zero-order valence-corrected chi connectivity index (χ0v) is 9.78. The monoisotopic (exact) mass is 220 g/mol. The van der Waals surface area contributed by atoms with Crippen LogP contribution in [0.25, 0.3) is 0 Å². The molecule has 0 aliphatic rings. The summed E-state index contributed by atoms with van der Waals surface area (Å²) in [5, 5.41) is 3.28. The minimum atomic E-state index is -0.247. The van der Waals surface area contributed by atoms with Crippen molar-refractivity contribution in [2.75, 3.05) is 6.54 Å². The largest absolute Gasteiger partial charge is 0.370 e. The van der Waals surface area contributed by atoms with Crippen LogP contribution in [0, 0.1) is 0 Å². The normalized spacial score (nSPS) is 12.3. The van der Waals surface area contributed by atoms with Gasteiger partial charge < -0.3 is 11.1 Å². The molecule has 0 aromatic heterocycles. The lowest BCUT2D eigenvalue weighted by Gasteiger charge is -2.12. The minimum absolute atomic E-state index is 0.247. The second-order valence-electron chi connectivity index (χ2n) is 4.10. The van der Waals surface area contributed by atoms with E-state index in [0.29, 0.717) is 19.0 Å². The van der Waals surface area contributed by atoms with Gasteiger partial charge in [0.15, 0.2) is 0 Å². The Balaban J connectivity index is 2.15. The average Bonchev–Trinajstić information content (AvgIpc) is 2.27. The lowest BCUT2D eigenvalue weighted by molar-refractivity contribution is -0.117. The molecule has 1 atom stereocenters. The van der Waals surface area contributed by atoms with Crippen molar-refractivity contribution in [3.8, 4) is 0 Å². The van der Waals surface area contributed by atoms with Gasteiger partial charge in [-0.2, -0.15) is 0 Å². The molecule has 1 aromatic carbocycles. The summed E-state index contributed by atoms with van der Waals surface area (Å²) in [6.07, 6.45) is 2.55. The molecule has 0 bridgehead atoms. The molecule has 0 fully saturated rings. The number of primary amides is 1. The van der Waals surface area contributed by atoms with Gasteiger partial charge in [-0.15, -0.1) is 0 Å². The van der Waals surface area contributed by atoms with Crippen LogP contribution in [0.3, 0.4) is 0 Å². The van der Waals surface area contributed by atoms with Gasteiger partial charge in [0.25, 0.3) is 0 Å². The Morgan fingerprint density at radius 1 is 1.38 bits per heavy atom. The maximum Gasteiger partial charge on any atom is 0.218 e. The van der Waals surface area contributed by atoms with E-state index in [2.05, 4.69) is 36.5 Å². The summed E-state index contributed by atoms with van der Waals surface area (Å²) in [5.41, 5.74) is 6.42. The van der Waals surface area contributed by atoms with E-state index in [1.54, 1.807) is 0 Å². The lowest BCUT2D eigenvalue weighted by atomic mass is 10.1. The summed E-state index contributed by atoms with van der Waals surface area (Å²) in [6.45, 7) is 2.80. The molecule has 1 unspecified atom stereocenters. The molecule has 3 heteroatoms. The SMILES string of the molecule is CC(CCc1ccccc1)NCCC(N)=O. The molecular formula is C13H20N2O. The fourth-order valence-corrected chi connectivity index (χ4v) is 1.57. The molecule has 1 rings (SSSR count). The van der Waals surface area contributed by atoms with Crippen molar-refractivity contribution >= 4 is 5.91 Å². The summed E-state index contributed by atoms with van der Waals surface area (Å²) in [7, 11) is 0. The van der Waals surface area contributed by atoms with Crippen LogP contribution in [0.2, 0.25) is 0 Å². The Bertz CT molecular complexity index is 311. The van der Waals surface area contributed by atoms with Gasteiger partial charge in [0.2, 0.25) is 5.91 Å². The fraction of sp³-hybridized carbons (Fsp3) is 0.462. The van der Waals surface area contributed by atoms with E-state index in [4.69, 9.17) is 5.73 Å². The second-order valence-corrected chi connectivity index (χ2v) is 4.10. The molecule has 0 aliphatic heterocycles. The molecule has 3 nitrogen and oxygen atoms in total. The van der Waals surface area contributed by atoms with Gasteiger partial charge in [-0.3, -0.25) is 4.79 Å². The number of nitrogens with two attached hydrogens (primary N) is 1. The predicted octanol–water partition coefficient (Wildman–Crippen LogP) is 1.47. The number of amides is 1. The van der Waals surface area contributed by atoms with Gasteiger partial charge in [0, 0.05) is 19.0 Å². The number of hydrogen-bond donors (Lipinski definition) is 2. The van der Waals surface area contributed by atoms with Gasteiger partial charge in [-0.25, -0.2) is 0 Å². The molecule has 0 saturated carbocycles. The Morgan fingerprint density at radius 2 is 2.06 bits per heavy atom. The molecule has 0 aliphatic carbocycles. The summed E-state index contributed by atoms with van der Waals surface area (Å²) in [4.78, 5) is 10.5. The standard InChI is InChI=1S/C13H20N2O/c1-11(15-10-9-13(14)16)7-8-12-5-3-2-4-6-12/h2-6,11,15H,7-10H2,1H3,(H2,14,16). The maximum absolute atomic E-state index is 10.5. The molecule has 0 radical (unpaired) electrons. The third-order valence-corrected chi connectivity index (χ3v) is 2.57. The number of nitrogens with one attached hydrogen (secondary N) is 1. The van der Waals surface area contributed by atoms with Gasteiger partial charge >= 0.3 is 0 Å². The van der Waals surface area contributed by atoms with Crippen LogP contribution in [0.4, 0.5) is 0 Å². The van der Waals surface area contributed by atoms with Crippen molar-refractivity contribution < 1.29 is 4.79 Å². The summed E-state index contributed by atoms with van der Waals surface area (Å²) < 4.78 is 0. The van der Waals surface area contributed by atoms with E-state index in [9.17, 15) is 4.79 Å². The summed E-state index contributed by atoms with van der Waals surface area (Å²) in [5.74, 6) is -0.247. The van der Waals surface area contributed by atoms with Gasteiger partial charge in [-0.1, -0.05) is 30.3 Å². The van der Waals surface area contributed by atoms with Crippen LogP contribution in [0.1, 0.15) is 25.3 Å². The van der Waals surface area contributed by atoms with E-state index in [1.807, 2.05) is 6.07 Å². The molecule has 0 spiro atoms. The topological polar surface area (TPSA) is 55.1 Å². The first-order valence-corrected chi connectivity index (χ1v) is 5.74. The van der Waals surface area contributed by atoms with E-state index < -0.39 is 0 Å². The smallest absolute Gasteiger partial charge is 0.218 e. The third kappa shape index (κ3) is 5.51. The van der Waals surface area contributed by atoms with Crippen LogP contribution in [0.15, 0.2) is 30.3 Å². The fourth-order valence-electron chi connectivity index (χ4n) is 1.57. The first-order chi connectivity index (χ1) is 7.68. The van der Waals surface area contributed by atoms with E-state index in [0.717, 1.165) is 12.8 Å². The van der Waals surface area contributed by atoms with Gasteiger partial charge in [-0.05, 0) is 25.3 Å². The van der Waals surface area contributed by atoms with Crippen LogP contribution < -0.4 is 11.1 Å². The van der Waals surface area contributed by atoms with Gasteiger partial charge in [0.05, 0.1) is 0 Å². The number of aryl methyl sites for hydroxylation is 1. The van der Waals surface area contributed by atoms with Crippen molar-refractivity contribution in [2.24, 2.45) is 5.73 Å². The average molecular weight is 220 g/mol. The van der Waals surface area contributed by atoms with Crippen molar-refractivity contribution in [3.63, 3.8) is 0 Å². The highest BCUT2D eigenvalue weighted by Crippen LogP contribution is 2.04. The van der Waals surface area contributed by atoms with Crippen LogP contribution >= 0.6 is 0 Å². The Hall–Kier alpha value is -1.35. The van der Waals surface area contributed by atoms with Gasteiger partial charge in [0.1, 0.15) is 0 Å². The number of carbonyl (C=O) groups excluding carboxylic acids is 1. The third-order valence-electron chi connectivity index (χ3n) is 2.57. The molecule has 1 aromatic rings. The molecule has 3 N–H and O–H groups in total.